The Hall–Kier alpha value is -2.32. The highest BCUT2D eigenvalue weighted by Gasteiger charge is 2.33. The molecule has 0 radical (unpaired) electrons. The lowest BCUT2D eigenvalue weighted by Crippen LogP contribution is -2.48. The molecule has 0 bridgehead atoms. The third kappa shape index (κ3) is 3.61. The van der Waals surface area contributed by atoms with Gasteiger partial charge in [0.1, 0.15) is 5.69 Å². The molecule has 26 heavy (non-hydrogen) atoms. The number of halogens is 2. The van der Waals surface area contributed by atoms with E-state index >= 15 is 0 Å². The van der Waals surface area contributed by atoms with Gasteiger partial charge in [0.05, 0.1) is 12.7 Å². The second-order valence-electron chi connectivity index (χ2n) is 6.64. The van der Waals surface area contributed by atoms with Crippen molar-refractivity contribution in [3.05, 3.63) is 47.8 Å². The minimum atomic E-state index is -0.740. The molecule has 1 saturated carbocycles. The molecular weight excluding hydrogens is 342 g/mol. The van der Waals surface area contributed by atoms with E-state index in [9.17, 15) is 13.6 Å². The lowest BCUT2D eigenvalue weighted by molar-refractivity contribution is -0.0293. The number of rotatable bonds is 5. The fourth-order valence-electron chi connectivity index (χ4n) is 3.21. The average molecular weight is 362 g/mol. The molecule has 2 aliphatic rings. The van der Waals surface area contributed by atoms with Crippen molar-refractivity contribution in [2.24, 2.45) is 0 Å². The molecule has 0 spiro atoms. The molecule has 8 heteroatoms. The predicted octanol–water partition coefficient (Wildman–Crippen LogP) is 1.74. The molecule has 1 saturated heterocycles. The minimum Gasteiger partial charge on any atom is -0.374 e. The number of hydrogen-bond acceptors (Lipinski definition) is 4. The van der Waals surface area contributed by atoms with Gasteiger partial charge in [-0.3, -0.25) is 9.69 Å². The molecule has 1 aromatic heterocycles. The van der Waals surface area contributed by atoms with Gasteiger partial charge in [0.15, 0.2) is 17.3 Å². The maximum Gasteiger partial charge on any atom is 0.271 e. The first-order chi connectivity index (χ1) is 12.6. The van der Waals surface area contributed by atoms with Crippen LogP contribution in [0.5, 0.6) is 0 Å². The summed E-state index contributed by atoms with van der Waals surface area (Å²) in [6.07, 6.45) is 3.79. The Balaban J connectivity index is 1.37. The highest BCUT2D eigenvalue weighted by atomic mass is 19.1. The van der Waals surface area contributed by atoms with Gasteiger partial charge in [0.2, 0.25) is 0 Å². The third-order valence-electron chi connectivity index (χ3n) is 4.71. The van der Waals surface area contributed by atoms with Crippen molar-refractivity contribution in [1.29, 1.82) is 0 Å². The molecule has 1 unspecified atom stereocenters. The van der Waals surface area contributed by atoms with Crippen molar-refractivity contribution >= 4 is 5.91 Å². The lowest BCUT2D eigenvalue weighted by atomic mass is 10.2. The van der Waals surface area contributed by atoms with Crippen LogP contribution in [0.3, 0.4) is 0 Å². The van der Waals surface area contributed by atoms with Crippen molar-refractivity contribution < 1.29 is 18.3 Å². The summed E-state index contributed by atoms with van der Waals surface area (Å²) < 4.78 is 34.4. The van der Waals surface area contributed by atoms with E-state index in [0.29, 0.717) is 19.2 Å². The van der Waals surface area contributed by atoms with Crippen molar-refractivity contribution in [2.45, 2.75) is 25.0 Å². The number of morpholine rings is 1. The molecule has 2 fully saturated rings. The van der Waals surface area contributed by atoms with Gasteiger partial charge in [0, 0.05) is 31.9 Å². The molecule has 138 valence electrons. The van der Waals surface area contributed by atoms with Crippen LogP contribution in [0.1, 0.15) is 23.3 Å². The predicted molar refractivity (Wildman–Crippen MR) is 90.1 cm³/mol. The van der Waals surface area contributed by atoms with Gasteiger partial charge < -0.3 is 10.1 Å². The summed E-state index contributed by atoms with van der Waals surface area (Å²) in [5.74, 6) is -1.88. The zero-order chi connectivity index (χ0) is 18.1. The summed E-state index contributed by atoms with van der Waals surface area (Å²) in [6, 6.07) is 5.67. The number of carbonyl (C=O) groups is 1. The maximum absolute atomic E-state index is 13.8. The molecule has 1 aromatic carbocycles. The van der Waals surface area contributed by atoms with Gasteiger partial charge in [-0.05, 0) is 31.0 Å². The van der Waals surface area contributed by atoms with Crippen molar-refractivity contribution in [1.82, 2.24) is 20.0 Å². The Morgan fingerprint density at radius 2 is 2.04 bits per heavy atom. The number of para-hydroxylation sites is 1. The van der Waals surface area contributed by atoms with Crippen LogP contribution in [0, 0.1) is 11.6 Å². The standard InChI is InChI=1S/C18H20F2N4O2/c19-14-2-1-3-15(20)17(14)24-7-6-16(22-24)18(25)21-10-13-11-23(8-9-26-13)12-4-5-12/h1-3,6-7,12-13H,4-5,8-11H2,(H,21,25). The molecule has 4 rings (SSSR count). The zero-order valence-corrected chi connectivity index (χ0v) is 14.2. The van der Waals surface area contributed by atoms with E-state index in [0.717, 1.165) is 29.9 Å². The number of nitrogens with zero attached hydrogens (tertiary/aromatic N) is 3. The summed E-state index contributed by atoms with van der Waals surface area (Å²) >= 11 is 0. The van der Waals surface area contributed by atoms with Crippen LogP contribution < -0.4 is 5.32 Å². The smallest absolute Gasteiger partial charge is 0.271 e. The summed E-state index contributed by atoms with van der Waals surface area (Å²) in [5.41, 5.74) is -0.204. The molecule has 1 atom stereocenters. The second kappa shape index (κ2) is 7.13. The fraction of sp³-hybridized carbons (Fsp3) is 0.444. The van der Waals surface area contributed by atoms with E-state index in [1.807, 2.05) is 0 Å². The molecule has 1 N–H and O–H groups in total. The molecule has 2 heterocycles. The first kappa shape index (κ1) is 17.1. The fourth-order valence-corrected chi connectivity index (χ4v) is 3.21. The monoisotopic (exact) mass is 362 g/mol. The largest absolute Gasteiger partial charge is 0.374 e. The highest BCUT2D eigenvalue weighted by molar-refractivity contribution is 5.92. The Kier molecular flexibility index (Phi) is 4.69. The SMILES string of the molecule is O=C(NCC1CN(C2CC2)CCO1)c1ccn(-c2c(F)cccc2F)n1. The third-order valence-corrected chi connectivity index (χ3v) is 4.71. The summed E-state index contributed by atoms with van der Waals surface area (Å²) in [5, 5.41) is 6.78. The van der Waals surface area contributed by atoms with Crippen molar-refractivity contribution in [3.63, 3.8) is 0 Å². The van der Waals surface area contributed by atoms with Crippen LogP contribution in [0.15, 0.2) is 30.5 Å². The van der Waals surface area contributed by atoms with Crippen molar-refractivity contribution in [2.75, 3.05) is 26.2 Å². The van der Waals surface area contributed by atoms with Gasteiger partial charge in [-0.15, -0.1) is 0 Å². The summed E-state index contributed by atoms with van der Waals surface area (Å²) in [7, 11) is 0. The van der Waals surface area contributed by atoms with Gasteiger partial charge in [-0.2, -0.15) is 5.10 Å². The van der Waals surface area contributed by atoms with Crippen LogP contribution >= 0.6 is 0 Å². The van der Waals surface area contributed by atoms with E-state index < -0.39 is 17.5 Å². The second-order valence-corrected chi connectivity index (χ2v) is 6.64. The van der Waals surface area contributed by atoms with E-state index in [2.05, 4.69) is 15.3 Å². The number of nitrogens with one attached hydrogen (secondary N) is 1. The normalized spacial score (nSPS) is 20.9. The lowest BCUT2D eigenvalue weighted by Gasteiger charge is -2.32. The van der Waals surface area contributed by atoms with E-state index in [1.54, 1.807) is 0 Å². The van der Waals surface area contributed by atoms with E-state index in [1.165, 1.54) is 31.2 Å². The summed E-state index contributed by atoms with van der Waals surface area (Å²) in [6.45, 7) is 2.79. The minimum absolute atomic E-state index is 0.0561. The van der Waals surface area contributed by atoms with Crippen LogP contribution in [-0.4, -0.2) is 59.0 Å². The molecule has 6 nitrogen and oxygen atoms in total. The highest BCUT2D eigenvalue weighted by Crippen LogP contribution is 2.28. The Labute approximate surface area is 149 Å². The van der Waals surface area contributed by atoms with Crippen LogP contribution in [0.2, 0.25) is 0 Å². The Bertz CT molecular complexity index is 786. The molecule has 1 amide bonds. The number of carbonyl (C=O) groups excluding carboxylic acids is 1. The first-order valence-electron chi connectivity index (χ1n) is 8.76. The summed E-state index contributed by atoms with van der Waals surface area (Å²) in [4.78, 5) is 14.7. The quantitative estimate of drug-likeness (QED) is 0.880. The topological polar surface area (TPSA) is 59.4 Å². The Morgan fingerprint density at radius 1 is 1.27 bits per heavy atom. The number of ether oxygens (including phenoxy) is 1. The molecule has 1 aliphatic carbocycles. The van der Waals surface area contributed by atoms with Gasteiger partial charge in [-0.25, -0.2) is 13.5 Å². The molecular formula is C18H20F2N4O2. The van der Waals surface area contributed by atoms with Crippen LogP contribution in [0.25, 0.3) is 5.69 Å². The average Bonchev–Trinajstić information content (AvgIpc) is 3.38. The maximum atomic E-state index is 13.8. The molecule has 1 aliphatic heterocycles. The van der Waals surface area contributed by atoms with Gasteiger partial charge >= 0.3 is 0 Å². The molecule has 2 aromatic rings. The number of hydrogen-bond donors (Lipinski definition) is 1. The van der Waals surface area contributed by atoms with Crippen LogP contribution in [0.4, 0.5) is 8.78 Å². The Morgan fingerprint density at radius 3 is 2.77 bits per heavy atom. The van der Waals surface area contributed by atoms with Crippen LogP contribution in [-0.2, 0) is 4.74 Å². The van der Waals surface area contributed by atoms with Crippen molar-refractivity contribution in [3.8, 4) is 5.69 Å². The zero-order valence-electron chi connectivity index (χ0n) is 14.2. The van der Waals surface area contributed by atoms with E-state index in [-0.39, 0.29) is 17.5 Å². The first-order valence-corrected chi connectivity index (χ1v) is 8.76. The number of aromatic nitrogens is 2. The van der Waals surface area contributed by atoms with E-state index in [4.69, 9.17) is 4.74 Å². The van der Waals surface area contributed by atoms with Gasteiger partial charge in [-0.1, -0.05) is 6.07 Å². The number of benzene rings is 1. The van der Waals surface area contributed by atoms with Gasteiger partial charge in [0.25, 0.3) is 5.91 Å². The number of amides is 1.